The van der Waals surface area contributed by atoms with Crippen LogP contribution in [0.1, 0.15) is 32.0 Å². The molecule has 0 spiro atoms. The standard InChI is InChI=1S/C12H17N5O/c1-8-14-7-5-9(15-8)11-16-10(18-17-11)4-6-12(2,3)13/h5,7H,4,6,13H2,1-3H3. The van der Waals surface area contributed by atoms with Crippen molar-refractivity contribution >= 4 is 0 Å². The molecule has 0 saturated heterocycles. The van der Waals surface area contributed by atoms with Crippen molar-refractivity contribution in [3.8, 4) is 11.5 Å². The van der Waals surface area contributed by atoms with Crippen molar-refractivity contribution in [2.24, 2.45) is 5.73 Å². The molecule has 0 amide bonds. The zero-order valence-corrected chi connectivity index (χ0v) is 10.8. The number of hydrogen-bond donors (Lipinski definition) is 1. The molecule has 2 aromatic heterocycles. The van der Waals surface area contributed by atoms with Gasteiger partial charge in [-0.05, 0) is 33.3 Å². The molecule has 0 saturated carbocycles. The van der Waals surface area contributed by atoms with Crippen LogP contribution in [-0.4, -0.2) is 25.6 Å². The summed E-state index contributed by atoms with van der Waals surface area (Å²) in [5.41, 5.74) is 6.35. The van der Waals surface area contributed by atoms with Crippen molar-refractivity contribution in [3.05, 3.63) is 24.0 Å². The molecule has 2 N–H and O–H groups in total. The Morgan fingerprint density at radius 3 is 2.78 bits per heavy atom. The average molecular weight is 247 g/mol. The predicted molar refractivity (Wildman–Crippen MR) is 66.6 cm³/mol. The summed E-state index contributed by atoms with van der Waals surface area (Å²) < 4.78 is 5.18. The fraction of sp³-hybridized carbons (Fsp3) is 0.500. The van der Waals surface area contributed by atoms with E-state index in [1.807, 2.05) is 20.8 Å². The van der Waals surface area contributed by atoms with E-state index < -0.39 is 0 Å². The number of nitrogens with two attached hydrogens (primary N) is 1. The molecule has 0 aliphatic carbocycles. The molecule has 0 aromatic carbocycles. The van der Waals surface area contributed by atoms with Gasteiger partial charge in [0.05, 0.1) is 0 Å². The maximum Gasteiger partial charge on any atom is 0.227 e. The van der Waals surface area contributed by atoms with Gasteiger partial charge in [0, 0.05) is 18.2 Å². The van der Waals surface area contributed by atoms with E-state index in [2.05, 4.69) is 20.1 Å². The summed E-state index contributed by atoms with van der Waals surface area (Å²) >= 11 is 0. The SMILES string of the molecule is Cc1nccc(-c2noc(CCC(C)(C)N)n2)n1. The monoisotopic (exact) mass is 247 g/mol. The predicted octanol–water partition coefficient (Wildman–Crippen LogP) is 1.50. The first-order valence-corrected chi connectivity index (χ1v) is 5.85. The number of rotatable bonds is 4. The van der Waals surface area contributed by atoms with Crippen molar-refractivity contribution in [1.82, 2.24) is 20.1 Å². The first kappa shape index (κ1) is 12.6. The molecule has 2 rings (SSSR count). The van der Waals surface area contributed by atoms with Crippen molar-refractivity contribution in [2.45, 2.75) is 39.2 Å². The molecule has 6 nitrogen and oxygen atoms in total. The molecule has 6 heteroatoms. The minimum absolute atomic E-state index is 0.236. The van der Waals surface area contributed by atoms with Crippen LogP contribution in [-0.2, 0) is 6.42 Å². The van der Waals surface area contributed by atoms with Gasteiger partial charge >= 0.3 is 0 Å². The molecule has 0 bridgehead atoms. The van der Waals surface area contributed by atoms with E-state index in [0.717, 1.165) is 6.42 Å². The lowest BCUT2D eigenvalue weighted by atomic mass is 10.0. The Balaban J connectivity index is 2.11. The van der Waals surface area contributed by atoms with Crippen molar-refractivity contribution in [1.29, 1.82) is 0 Å². The Bertz CT molecular complexity index is 529. The number of hydrogen-bond acceptors (Lipinski definition) is 6. The second-order valence-electron chi connectivity index (χ2n) is 4.99. The van der Waals surface area contributed by atoms with E-state index in [1.165, 1.54) is 0 Å². The van der Waals surface area contributed by atoms with Gasteiger partial charge in [-0.15, -0.1) is 0 Å². The van der Waals surface area contributed by atoms with Crippen LogP contribution in [0.2, 0.25) is 0 Å². The molecule has 0 fully saturated rings. The molecule has 96 valence electrons. The maximum atomic E-state index is 5.91. The Kier molecular flexibility index (Phi) is 3.38. The Labute approximate surface area is 106 Å². The number of aromatic nitrogens is 4. The quantitative estimate of drug-likeness (QED) is 0.880. The molecular formula is C12H17N5O. The van der Waals surface area contributed by atoms with E-state index in [1.54, 1.807) is 12.3 Å². The van der Waals surface area contributed by atoms with E-state index >= 15 is 0 Å². The highest BCUT2D eigenvalue weighted by atomic mass is 16.5. The molecule has 0 aliphatic heterocycles. The van der Waals surface area contributed by atoms with Crippen molar-refractivity contribution in [3.63, 3.8) is 0 Å². The molecule has 2 aromatic rings. The summed E-state index contributed by atoms with van der Waals surface area (Å²) in [5.74, 6) is 1.76. The van der Waals surface area contributed by atoms with Crippen LogP contribution in [0.3, 0.4) is 0 Å². The van der Waals surface area contributed by atoms with Gasteiger partial charge in [-0.25, -0.2) is 9.97 Å². The largest absolute Gasteiger partial charge is 0.339 e. The van der Waals surface area contributed by atoms with E-state index in [9.17, 15) is 0 Å². The van der Waals surface area contributed by atoms with Crippen LogP contribution >= 0.6 is 0 Å². The van der Waals surface area contributed by atoms with E-state index in [4.69, 9.17) is 10.3 Å². The molecule has 0 radical (unpaired) electrons. The zero-order chi connectivity index (χ0) is 13.2. The Hall–Kier alpha value is -1.82. The molecule has 0 unspecified atom stereocenters. The summed E-state index contributed by atoms with van der Waals surface area (Å²) in [5, 5.41) is 3.91. The van der Waals surface area contributed by atoms with Gasteiger partial charge in [0.2, 0.25) is 11.7 Å². The van der Waals surface area contributed by atoms with Gasteiger partial charge in [0.25, 0.3) is 0 Å². The Morgan fingerprint density at radius 2 is 2.11 bits per heavy atom. The fourth-order valence-electron chi connectivity index (χ4n) is 1.47. The van der Waals surface area contributed by atoms with Crippen LogP contribution in [0.15, 0.2) is 16.8 Å². The van der Waals surface area contributed by atoms with Gasteiger partial charge in [0.1, 0.15) is 11.5 Å². The molecular weight excluding hydrogens is 230 g/mol. The maximum absolute atomic E-state index is 5.91. The summed E-state index contributed by atoms with van der Waals surface area (Å²) in [6, 6.07) is 1.76. The fourth-order valence-corrected chi connectivity index (χ4v) is 1.47. The lowest BCUT2D eigenvalue weighted by Crippen LogP contribution is -2.32. The first-order valence-electron chi connectivity index (χ1n) is 5.85. The summed E-state index contributed by atoms with van der Waals surface area (Å²) in [4.78, 5) is 12.6. The summed E-state index contributed by atoms with van der Waals surface area (Å²) in [7, 11) is 0. The normalized spacial score (nSPS) is 11.8. The second kappa shape index (κ2) is 4.81. The highest BCUT2D eigenvalue weighted by molar-refractivity contribution is 5.46. The van der Waals surface area contributed by atoms with Crippen LogP contribution < -0.4 is 5.73 Å². The highest BCUT2D eigenvalue weighted by Crippen LogP contribution is 2.15. The summed E-state index contributed by atoms with van der Waals surface area (Å²) in [6.07, 6.45) is 3.13. The third-order valence-electron chi connectivity index (χ3n) is 2.46. The highest BCUT2D eigenvalue weighted by Gasteiger charge is 2.15. The minimum atomic E-state index is -0.236. The lowest BCUT2D eigenvalue weighted by Gasteiger charge is -2.16. The number of aryl methyl sites for hydroxylation is 2. The van der Waals surface area contributed by atoms with Crippen LogP contribution in [0.5, 0.6) is 0 Å². The second-order valence-corrected chi connectivity index (χ2v) is 4.99. The topological polar surface area (TPSA) is 90.7 Å². The molecule has 0 atom stereocenters. The van der Waals surface area contributed by atoms with Gasteiger partial charge in [0.15, 0.2) is 0 Å². The number of nitrogens with zero attached hydrogens (tertiary/aromatic N) is 4. The van der Waals surface area contributed by atoms with Crippen molar-refractivity contribution in [2.75, 3.05) is 0 Å². The van der Waals surface area contributed by atoms with Gasteiger partial charge in [-0.1, -0.05) is 5.16 Å². The minimum Gasteiger partial charge on any atom is -0.339 e. The van der Waals surface area contributed by atoms with Crippen LogP contribution in [0.25, 0.3) is 11.5 Å². The van der Waals surface area contributed by atoms with Crippen LogP contribution in [0.4, 0.5) is 0 Å². The molecule has 0 aliphatic rings. The van der Waals surface area contributed by atoms with Gasteiger partial charge < -0.3 is 10.3 Å². The third kappa shape index (κ3) is 3.33. The first-order chi connectivity index (χ1) is 8.44. The van der Waals surface area contributed by atoms with E-state index in [-0.39, 0.29) is 5.54 Å². The average Bonchev–Trinajstić information content (AvgIpc) is 2.74. The van der Waals surface area contributed by atoms with Crippen molar-refractivity contribution < 1.29 is 4.52 Å². The molecule has 18 heavy (non-hydrogen) atoms. The van der Waals surface area contributed by atoms with Gasteiger partial charge in [-0.2, -0.15) is 4.98 Å². The van der Waals surface area contributed by atoms with Gasteiger partial charge in [-0.3, -0.25) is 0 Å². The summed E-state index contributed by atoms with van der Waals surface area (Å²) in [6.45, 7) is 5.76. The third-order valence-corrected chi connectivity index (χ3v) is 2.46. The zero-order valence-electron chi connectivity index (χ0n) is 10.8. The smallest absolute Gasteiger partial charge is 0.227 e. The lowest BCUT2D eigenvalue weighted by molar-refractivity contribution is 0.358. The van der Waals surface area contributed by atoms with Crippen LogP contribution in [0, 0.1) is 6.92 Å². The molecule has 2 heterocycles. The Morgan fingerprint density at radius 1 is 1.33 bits per heavy atom. The van der Waals surface area contributed by atoms with E-state index in [0.29, 0.717) is 29.7 Å².